The normalized spacial score (nSPS) is 12.1. The van der Waals surface area contributed by atoms with E-state index in [1.165, 1.54) is 90.2 Å². The van der Waals surface area contributed by atoms with Crippen LogP contribution < -0.4 is 10.1 Å². The Morgan fingerprint density at radius 1 is 0.857 bits per heavy atom. The number of ether oxygens (including phenoxy) is 2. The summed E-state index contributed by atoms with van der Waals surface area (Å²) in [5.74, 6) is 0.297. The van der Waals surface area contributed by atoms with Gasteiger partial charge in [0.15, 0.2) is 17.6 Å². The molecule has 1 unspecified atom stereocenters. The molecule has 0 bridgehead atoms. The van der Waals surface area contributed by atoms with Crippen molar-refractivity contribution in [1.82, 2.24) is 5.32 Å². The Hall–Kier alpha value is -2.50. The Labute approximate surface area is 257 Å². The number of aromatic hydroxyl groups is 1. The highest BCUT2D eigenvalue weighted by Crippen LogP contribution is 2.26. The molecule has 1 amide bonds. The molecule has 0 heterocycles. The second kappa shape index (κ2) is 25.0. The maximum atomic E-state index is 13.0. The lowest BCUT2D eigenvalue weighted by Gasteiger charge is -2.18. The minimum absolute atomic E-state index is 0.0487. The number of unbranched alkanes of at least 4 members (excludes halogenated alkanes) is 15. The van der Waals surface area contributed by atoms with Crippen LogP contribution >= 0.6 is 0 Å². The summed E-state index contributed by atoms with van der Waals surface area (Å²) in [4.78, 5) is 25.6. The molecule has 6 nitrogen and oxygen atoms in total. The number of nitrogens with one attached hydrogen (secondary N) is 1. The number of carbonyl (C=O) groups excluding carboxylic acids is 2. The van der Waals surface area contributed by atoms with Gasteiger partial charge < -0.3 is 19.9 Å². The number of amides is 1. The highest BCUT2D eigenvalue weighted by atomic mass is 16.5. The second-order valence-corrected chi connectivity index (χ2v) is 12.0. The van der Waals surface area contributed by atoms with Gasteiger partial charge in [-0.3, -0.25) is 9.59 Å². The van der Waals surface area contributed by atoms with Crippen LogP contribution in [-0.2, 0) is 20.9 Å². The average molecular weight is 588 g/mol. The number of methoxy groups -OCH3 is 1. The summed E-state index contributed by atoms with van der Waals surface area (Å²) in [6, 6.07) is 4.95. The lowest BCUT2D eigenvalue weighted by atomic mass is 10.0. The Balaban J connectivity index is 2.31. The summed E-state index contributed by atoms with van der Waals surface area (Å²) in [7, 11) is 1.49. The van der Waals surface area contributed by atoms with Crippen molar-refractivity contribution >= 4 is 11.9 Å². The zero-order chi connectivity index (χ0) is 30.8. The standard InChI is InChI=1S/C36H61NO5/c1-5-6-7-8-9-10-11-12-13-14-15-16-17-18-22-25-35(39)42-33(24-21-19-20-23-30(2)3)36(40)37-29-31-26-27-32(38)34(28-31)41-4/h20,23,26-28,30,33,38H,5-19,21-22,24-25,29H2,1-4H3,(H,37,40)/b23-20-. The predicted octanol–water partition coefficient (Wildman–Crippen LogP) is 9.57. The molecule has 0 spiro atoms. The van der Waals surface area contributed by atoms with Crippen LogP contribution in [0.15, 0.2) is 30.4 Å². The minimum Gasteiger partial charge on any atom is -0.504 e. The molecule has 240 valence electrons. The molecule has 0 aliphatic heterocycles. The van der Waals surface area contributed by atoms with E-state index in [2.05, 4.69) is 38.2 Å². The summed E-state index contributed by atoms with van der Waals surface area (Å²) in [6.45, 7) is 6.79. The maximum Gasteiger partial charge on any atom is 0.306 e. The number of carbonyl (C=O) groups is 2. The molecule has 6 heteroatoms. The summed E-state index contributed by atoms with van der Waals surface area (Å²) in [6.07, 6.45) is 25.1. The van der Waals surface area contributed by atoms with E-state index in [9.17, 15) is 14.7 Å². The monoisotopic (exact) mass is 587 g/mol. The smallest absolute Gasteiger partial charge is 0.306 e. The van der Waals surface area contributed by atoms with Gasteiger partial charge >= 0.3 is 5.97 Å². The Kier molecular flexibility index (Phi) is 22.4. The summed E-state index contributed by atoms with van der Waals surface area (Å²) >= 11 is 0. The van der Waals surface area contributed by atoms with Gasteiger partial charge in [-0.1, -0.05) is 129 Å². The zero-order valence-corrected chi connectivity index (χ0v) is 27.3. The van der Waals surface area contributed by atoms with Crippen molar-refractivity contribution in [1.29, 1.82) is 0 Å². The molecule has 0 radical (unpaired) electrons. The molecule has 0 saturated heterocycles. The van der Waals surface area contributed by atoms with E-state index in [1.807, 2.05) is 0 Å². The SMILES string of the molecule is CCCCCCCCCCCCCCCCCC(=O)OC(CCC/C=C\C(C)C)C(=O)NCc1ccc(O)c(OC)c1. The van der Waals surface area contributed by atoms with Crippen molar-refractivity contribution in [3.8, 4) is 11.5 Å². The summed E-state index contributed by atoms with van der Waals surface area (Å²) in [5, 5.41) is 12.7. The van der Waals surface area contributed by atoms with E-state index in [4.69, 9.17) is 9.47 Å². The van der Waals surface area contributed by atoms with Crippen LogP contribution in [0.4, 0.5) is 0 Å². The second-order valence-electron chi connectivity index (χ2n) is 12.0. The number of hydrogen-bond acceptors (Lipinski definition) is 5. The van der Waals surface area contributed by atoms with Crippen LogP contribution in [-0.4, -0.2) is 30.2 Å². The molecular weight excluding hydrogens is 526 g/mol. The summed E-state index contributed by atoms with van der Waals surface area (Å²) < 4.78 is 10.8. The van der Waals surface area contributed by atoms with Gasteiger partial charge in [-0.2, -0.15) is 0 Å². The lowest BCUT2D eigenvalue weighted by Crippen LogP contribution is -2.37. The Bertz CT molecular complexity index is 866. The molecule has 0 saturated carbocycles. The minimum atomic E-state index is -0.805. The van der Waals surface area contributed by atoms with Crippen LogP contribution in [0.25, 0.3) is 0 Å². The van der Waals surface area contributed by atoms with Gasteiger partial charge in [-0.05, 0) is 49.3 Å². The number of phenolic OH excluding ortho intramolecular Hbond substituents is 1. The van der Waals surface area contributed by atoms with Crippen molar-refractivity contribution in [2.24, 2.45) is 5.92 Å². The highest BCUT2D eigenvalue weighted by Gasteiger charge is 2.22. The molecular formula is C36H61NO5. The predicted molar refractivity (Wildman–Crippen MR) is 174 cm³/mol. The first kappa shape index (κ1) is 37.5. The largest absolute Gasteiger partial charge is 0.504 e. The number of rotatable bonds is 26. The molecule has 0 fully saturated rings. The highest BCUT2D eigenvalue weighted by molar-refractivity contribution is 5.83. The van der Waals surface area contributed by atoms with E-state index < -0.39 is 6.10 Å². The molecule has 0 aliphatic rings. The Morgan fingerprint density at radius 3 is 1.98 bits per heavy atom. The topological polar surface area (TPSA) is 84.9 Å². The molecule has 0 aromatic heterocycles. The first-order valence-corrected chi connectivity index (χ1v) is 16.9. The van der Waals surface area contributed by atoms with Gasteiger partial charge in [0.05, 0.1) is 7.11 Å². The fourth-order valence-electron chi connectivity index (χ4n) is 5.03. The third-order valence-corrected chi connectivity index (χ3v) is 7.62. The van der Waals surface area contributed by atoms with E-state index in [-0.39, 0.29) is 24.2 Å². The molecule has 0 aliphatic carbocycles. The lowest BCUT2D eigenvalue weighted by molar-refractivity contribution is -0.156. The van der Waals surface area contributed by atoms with E-state index >= 15 is 0 Å². The van der Waals surface area contributed by atoms with Gasteiger partial charge in [0.2, 0.25) is 0 Å². The van der Waals surface area contributed by atoms with Gasteiger partial charge in [0.1, 0.15) is 0 Å². The first-order valence-electron chi connectivity index (χ1n) is 16.9. The third-order valence-electron chi connectivity index (χ3n) is 7.62. The van der Waals surface area contributed by atoms with Gasteiger partial charge in [0.25, 0.3) is 5.91 Å². The third kappa shape index (κ3) is 19.6. The van der Waals surface area contributed by atoms with Crippen molar-refractivity contribution in [3.05, 3.63) is 35.9 Å². The molecule has 42 heavy (non-hydrogen) atoms. The van der Waals surface area contributed by atoms with Gasteiger partial charge in [0, 0.05) is 13.0 Å². The molecule has 1 aromatic rings. The number of allylic oxidation sites excluding steroid dienone is 2. The first-order chi connectivity index (χ1) is 20.4. The number of esters is 1. The molecule has 1 aromatic carbocycles. The fraction of sp³-hybridized carbons (Fsp3) is 0.722. The maximum absolute atomic E-state index is 13.0. The fourth-order valence-corrected chi connectivity index (χ4v) is 5.03. The van der Waals surface area contributed by atoms with Crippen molar-refractivity contribution in [3.63, 3.8) is 0 Å². The zero-order valence-electron chi connectivity index (χ0n) is 27.3. The van der Waals surface area contributed by atoms with Crippen molar-refractivity contribution in [2.75, 3.05) is 7.11 Å². The van der Waals surface area contributed by atoms with E-state index in [1.54, 1.807) is 12.1 Å². The quantitative estimate of drug-likeness (QED) is 0.0640. The van der Waals surface area contributed by atoms with Gasteiger partial charge in [-0.25, -0.2) is 0 Å². The average Bonchev–Trinajstić information content (AvgIpc) is 2.97. The Morgan fingerprint density at radius 2 is 1.43 bits per heavy atom. The number of hydrogen-bond donors (Lipinski definition) is 2. The molecule has 2 N–H and O–H groups in total. The number of benzene rings is 1. The van der Waals surface area contributed by atoms with Crippen LogP contribution in [0.2, 0.25) is 0 Å². The van der Waals surface area contributed by atoms with Gasteiger partial charge in [-0.15, -0.1) is 0 Å². The van der Waals surface area contributed by atoms with Crippen LogP contribution in [0, 0.1) is 5.92 Å². The number of phenols is 1. The van der Waals surface area contributed by atoms with Crippen LogP contribution in [0.3, 0.4) is 0 Å². The summed E-state index contributed by atoms with van der Waals surface area (Å²) in [5.41, 5.74) is 0.792. The molecule has 1 rings (SSSR count). The van der Waals surface area contributed by atoms with Crippen LogP contribution in [0.5, 0.6) is 11.5 Å². The van der Waals surface area contributed by atoms with Crippen molar-refractivity contribution in [2.45, 2.75) is 155 Å². The van der Waals surface area contributed by atoms with E-state index in [0.29, 0.717) is 24.5 Å². The van der Waals surface area contributed by atoms with E-state index in [0.717, 1.165) is 37.7 Å². The van der Waals surface area contributed by atoms with Crippen molar-refractivity contribution < 1.29 is 24.2 Å². The molecule has 1 atom stereocenters. The van der Waals surface area contributed by atoms with Crippen LogP contribution in [0.1, 0.15) is 148 Å².